The van der Waals surface area contributed by atoms with E-state index in [0.717, 1.165) is 23.3 Å². The standard InChI is InChI=1S/C16H16F3N3/c1-11-8-13(9-20-15(11)21-10-22(2)3)12-4-6-14(7-5-12)16(17,18)19/h4-10H,1-3H3/b21-10+. The molecule has 0 spiro atoms. The first-order chi connectivity index (χ1) is 10.3. The molecular formula is C16H16F3N3. The van der Waals surface area contributed by atoms with Crippen LogP contribution in [0.25, 0.3) is 11.1 Å². The number of aryl methyl sites for hydroxylation is 1. The van der Waals surface area contributed by atoms with Crippen LogP contribution in [0.1, 0.15) is 11.1 Å². The van der Waals surface area contributed by atoms with Gasteiger partial charge in [-0.1, -0.05) is 12.1 Å². The Morgan fingerprint density at radius 3 is 2.23 bits per heavy atom. The van der Waals surface area contributed by atoms with Crippen LogP contribution in [0.2, 0.25) is 0 Å². The maximum Gasteiger partial charge on any atom is 0.416 e. The number of hydrogen-bond donors (Lipinski definition) is 0. The second-order valence-corrected chi connectivity index (χ2v) is 5.15. The van der Waals surface area contributed by atoms with Crippen molar-refractivity contribution in [3.8, 4) is 11.1 Å². The highest BCUT2D eigenvalue weighted by Gasteiger charge is 2.29. The second kappa shape index (κ2) is 6.17. The molecule has 0 bridgehead atoms. The van der Waals surface area contributed by atoms with Gasteiger partial charge in [0, 0.05) is 25.9 Å². The molecule has 0 aliphatic heterocycles. The first-order valence-corrected chi connectivity index (χ1v) is 6.62. The second-order valence-electron chi connectivity index (χ2n) is 5.15. The third kappa shape index (κ3) is 3.84. The van der Waals surface area contributed by atoms with E-state index in [4.69, 9.17) is 0 Å². The van der Waals surface area contributed by atoms with Crippen LogP contribution in [-0.4, -0.2) is 30.3 Å². The topological polar surface area (TPSA) is 28.5 Å². The SMILES string of the molecule is Cc1cc(-c2ccc(C(F)(F)F)cc2)cnc1/N=C/N(C)C. The molecule has 0 fully saturated rings. The van der Waals surface area contributed by atoms with E-state index in [1.54, 1.807) is 17.4 Å². The molecular weight excluding hydrogens is 291 g/mol. The van der Waals surface area contributed by atoms with Gasteiger partial charge in [-0.05, 0) is 36.2 Å². The van der Waals surface area contributed by atoms with Crippen molar-refractivity contribution in [2.75, 3.05) is 14.1 Å². The lowest BCUT2D eigenvalue weighted by Crippen LogP contribution is -2.07. The zero-order valence-electron chi connectivity index (χ0n) is 12.5. The van der Waals surface area contributed by atoms with Crippen molar-refractivity contribution in [3.05, 3.63) is 47.7 Å². The molecule has 0 saturated heterocycles. The summed E-state index contributed by atoms with van der Waals surface area (Å²) in [7, 11) is 3.71. The molecule has 116 valence electrons. The summed E-state index contributed by atoms with van der Waals surface area (Å²) in [6.45, 7) is 1.86. The monoisotopic (exact) mass is 307 g/mol. The Balaban J connectivity index is 2.28. The summed E-state index contributed by atoms with van der Waals surface area (Å²) in [5.74, 6) is 0.587. The Hall–Kier alpha value is -2.37. The number of nitrogens with zero attached hydrogens (tertiary/aromatic N) is 3. The Morgan fingerprint density at radius 2 is 1.73 bits per heavy atom. The summed E-state index contributed by atoms with van der Waals surface area (Å²) in [4.78, 5) is 10.3. The number of benzene rings is 1. The third-order valence-electron chi connectivity index (χ3n) is 3.01. The van der Waals surface area contributed by atoms with E-state index in [2.05, 4.69) is 9.98 Å². The lowest BCUT2D eigenvalue weighted by molar-refractivity contribution is -0.137. The fourth-order valence-electron chi connectivity index (χ4n) is 1.88. The van der Waals surface area contributed by atoms with Gasteiger partial charge in [-0.15, -0.1) is 0 Å². The van der Waals surface area contributed by atoms with Crippen molar-refractivity contribution < 1.29 is 13.2 Å². The average molecular weight is 307 g/mol. The van der Waals surface area contributed by atoms with Gasteiger partial charge >= 0.3 is 6.18 Å². The Kier molecular flexibility index (Phi) is 4.49. The first-order valence-electron chi connectivity index (χ1n) is 6.62. The lowest BCUT2D eigenvalue weighted by atomic mass is 10.0. The zero-order valence-corrected chi connectivity index (χ0v) is 12.5. The highest BCUT2D eigenvalue weighted by Crippen LogP contribution is 2.31. The predicted molar refractivity (Wildman–Crippen MR) is 81.3 cm³/mol. The summed E-state index contributed by atoms with van der Waals surface area (Å²) in [6, 6.07) is 6.90. The fourth-order valence-corrected chi connectivity index (χ4v) is 1.88. The fraction of sp³-hybridized carbons (Fsp3) is 0.250. The van der Waals surface area contributed by atoms with Crippen LogP contribution in [0.3, 0.4) is 0 Å². The lowest BCUT2D eigenvalue weighted by Gasteiger charge is -2.09. The van der Waals surface area contributed by atoms with Crippen LogP contribution >= 0.6 is 0 Å². The van der Waals surface area contributed by atoms with E-state index in [-0.39, 0.29) is 0 Å². The minimum absolute atomic E-state index is 0.587. The van der Waals surface area contributed by atoms with Crippen molar-refractivity contribution in [1.82, 2.24) is 9.88 Å². The zero-order chi connectivity index (χ0) is 16.3. The molecule has 0 atom stereocenters. The van der Waals surface area contributed by atoms with E-state index in [0.29, 0.717) is 11.4 Å². The molecule has 3 nitrogen and oxygen atoms in total. The third-order valence-corrected chi connectivity index (χ3v) is 3.01. The van der Waals surface area contributed by atoms with Gasteiger partial charge in [-0.25, -0.2) is 9.98 Å². The Labute approximate surface area is 127 Å². The highest BCUT2D eigenvalue weighted by atomic mass is 19.4. The van der Waals surface area contributed by atoms with Crippen molar-refractivity contribution in [2.24, 2.45) is 4.99 Å². The maximum atomic E-state index is 12.6. The minimum Gasteiger partial charge on any atom is -0.369 e. The average Bonchev–Trinajstić information content (AvgIpc) is 2.45. The number of halogens is 3. The van der Waals surface area contributed by atoms with Crippen LogP contribution < -0.4 is 0 Å². The van der Waals surface area contributed by atoms with Gasteiger partial charge in [-0.3, -0.25) is 0 Å². The van der Waals surface area contributed by atoms with Gasteiger partial charge in [-0.2, -0.15) is 13.2 Å². The van der Waals surface area contributed by atoms with E-state index >= 15 is 0 Å². The van der Waals surface area contributed by atoms with E-state index in [9.17, 15) is 13.2 Å². The van der Waals surface area contributed by atoms with Gasteiger partial charge < -0.3 is 4.90 Å². The predicted octanol–water partition coefficient (Wildman–Crippen LogP) is 4.30. The number of aliphatic imine (C=N–C) groups is 1. The molecule has 0 N–H and O–H groups in total. The van der Waals surface area contributed by atoms with E-state index < -0.39 is 11.7 Å². The van der Waals surface area contributed by atoms with Gasteiger partial charge in [0.2, 0.25) is 0 Å². The van der Waals surface area contributed by atoms with Gasteiger partial charge in [0.05, 0.1) is 11.9 Å². The Morgan fingerprint density at radius 1 is 1.09 bits per heavy atom. The minimum atomic E-state index is -4.32. The molecule has 1 aromatic heterocycles. The molecule has 1 aromatic carbocycles. The molecule has 6 heteroatoms. The van der Waals surface area contributed by atoms with Crippen LogP contribution in [0.4, 0.5) is 19.0 Å². The quantitative estimate of drug-likeness (QED) is 0.625. The largest absolute Gasteiger partial charge is 0.416 e. The van der Waals surface area contributed by atoms with E-state index in [1.165, 1.54) is 12.1 Å². The number of pyridine rings is 1. The number of alkyl halides is 3. The van der Waals surface area contributed by atoms with Crippen LogP contribution in [0, 0.1) is 6.92 Å². The summed E-state index contributed by atoms with van der Waals surface area (Å²) in [5.41, 5.74) is 1.64. The molecule has 22 heavy (non-hydrogen) atoms. The van der Waals surface area contributed by atoms with Crippen LogP contribution in [0.15, 0.2) is 41.5 Å². The van der Waals surface area contributed by atoms with Crippen molar-refractivity contribution in [1.29, 1.82) is 0 Å². The molecule has 2 rings (SSSR count). The highest BCUT2D eigenvalue weighted by molar-refractivity contribution is 5.67. The Bertz CT molecular complexity index is 674. The maximum absolute atomic E-state index is 12.6. The van der Waals surface area contributed by atoms with Crippen molar-refractivity contribution >= 4 is 12.2 Å². The molecule has 0 radical (unpaired) electrons. The van der Waals surface area contributed by atoms with Crippen molar-refractivity contribution in [3.63, 3.8) is 0 Å². The summed E-state index contributed by atoms with van der Waals surface area (Å²) >= 11 is 0. The molecule has 0 unspecified atom stereocenters. The number of rotatable bonds is 3. The first kappa shape index (κ1) is 16.0. The van der Waals surface area contributed by atoms with Gasteiger partial charge in [0.1, 0.15) is 0 Å². The van der Waals surface area contributed by atoms with E-state index in [1.807, 2.05) is 27.1 Å². The summed E-state index contributed by atoms with van der Waals surface area (Å²) in [6.07, 6.45) is -1.07. The number of aromatic nitrogens is 1. The smallest absolute Gasteiger partial charge is 0.369 e. The molecule has 0 amide bonds. The summed E-state index contributed by atoms with van der Waals surface area (Å²) < 4.78 is 37.7. The molecule has 0 aliphatic rings. The number of hydrogen-bond acceptors (Lipinski definition) is 2. The molecule has 2 aromatic rings. The molecule has 1 heterocycles. The van der Waals surface area contributed by atoms with Gasteiger partial charge in [0.25, 0.3) is 0 Å². The van der Waals surface area contributed by atoms with Crippen LogP contribution in [0.5, 0.6) is 0 Å². The van der Waals surface area contributed by atoms with Gasteiger partial charge in [0.15, 0.2) is 5.82 Å². The summed E-state index contributed by atoms with van der Waals surface area (Å²) in [5, 5.41) is 0. The molecule has 0 aliphatic carbocycles. The normalized spacial score (nSPS) is 11.9. The van der Waals surface area contributed by atoms with Crippen LogP contribution in [-0.2, 0) is 6.18 Å². The molecule has 0 saturated carbocycles. The van der Waals surface area contributed by atoms with Crippen molar-refractivity contribution in [2.45, 2.75) is 13.1 Å².